The summed E-state index contributed by atoms with van der Waals surface area (Å²) in [5, 5.41) is 0. The van der Waals surface area contributed by atoms with Crippen molar-refractivity contribution in [1.29, 1.82) is 0 Å². The number of quaternary nitrogens is 1. The Kier molecular flexibility index (Phi) is 5.28. The first-order chi connectivity index (χ1) is 4.83. The maximum atomic E-state index is 5.25. The monoisotopic (exact) mass is 178 g/mol. The van der Waals surface area contributed by atoms with Crippen LogP contribution in [0, 0.1) is 0 Å². The topological polar surface area (TPSA) is 16.9 Å². The summed E-state index contributed by atoms with van der Waals surface area (Å²) < 4.78 is 5.25. The van der Waals surface area contributed by atoms with Crippen LogP contribution >= 0.6 is 0 Å². The summed E-state index contributed by atoms with van der Waals surface area (Å²) in [6.07, 6.45) is 4.20. The van der Waals surface area contributed by atoms with E-state index in [4.69, 9.17) is 4.74 Å². The van der Waals surface area contributed by atoms with E-state index in [2.05, 4.69) is 24.3 Å². The highest BCUT2D eigenvalue weighted by atomic mass is 35.5. The minimum absolute atomic E-state index is 0. The molecule has 1 rings (SSSR count). The molecule has 0 saturated carbocycles. The number of nitrogens with one attached hydrogen (secondary N) is 1. The van der Waals surface area contributed by atoms with Gasteiger partial charge >= 0.3 is 0 Å². The Morgan fingerprint density at radius 2 is 2.36 bits per heavy atom. The molecule has 0 fully saturated rings. The zero-order chi connectivity index (χ0) is 7.40. The molecule has 0 bridgehead atoms. The van der Waals surface area contributed by atoms with Gasteiger partial charge in [-0.2, -0.15) is 0 Å². The number of halogens is 1. The van der Waals surface area contributed by atoms with E-state index >= 15 is 0 Å². The van der Waals surface area contributed by atoms with Crippen molar-refractivity contribution in [2.75, 3.05) is 27.1 Å². The van der Waals surface area contributed by atoms with E-state index in [0.717, 1.165) is 20.0 Å². The van der Waals surface area contributed by atoms with Crippen molar-refractivity contribution in [2.45, 2.75) is 6.92 Å². The third-order valence-electron chi connectivity index (χ3n) is 1.51. The summed E-state index contributed by atoms with van der Waals surface area (Å²) in [7, 11) is 2.06. The van der Waals surface area contributed by atoms with Crippen LogP contribution in [-0.2, 0) is 4.74 Å². The van der Waals surface area contributed by atoms with Crippen molar-refractivity contribution in [2.24, 2.45) is 0 Å². The summed E-state index contributed by atoms with van der Waals surface area (Å²) in [4.78, 5) is 3.51. The van der Waals surface area contributed by atoms with Gasteiger partial charge in [-0.25, -0.2) is 0 Å². The Balaban J connectivity index is 0.000001000. The minimum atomic E-state index is 0. The third-order valence-corrected chi connectivity index (χ3v) is 1.51. The van der Waals surface area contributed by atoms with Gasteiger partial charge in [0.05, 0.1) is 6.20 Å². The van der Waals surface area contributed by atoms with E-state index in [1.165, 1.54) is 4.90 Å². The van der Waals surface area contributed by atoms with Crippen molar-refractivity contribution in [1.82, 2.24) is 4.90 Å². The number of rotatable bonds is 3. The maximum Gasteiger partial charge on any atom is 0.187 e. The Labute approximate surface area is 74.0 Å². The van der Waals surface area contributed by atoms with E-state index in [1.807, 2.05) is 6.92 Å². The average Bonchev–Trinajstić information content (AvgIpc) is 2.31. The molecule has 0 aliphatic carbocycles. The molecule has 0 aromatic carbocycles. The second kappa shape index (κ2) is 5.41. The lowest BCUT2D eigenvalue weighted by Crippen LogP contribution is -3.07. The largest absolute Gasteiger partial charge is 1.00 e. The van der Waals surface area contributed by atoms with Gasteiger partial charge in [0.1, 0.15) is 6.20 Å². The van der Waals surface area contributed by atoms with Crippen molar-refractivity contribution in [3.63, 3.8) is 0 Å². The van der Waals surface area contributed by atoms with Gasteiger partial charge in [0, 0.05) is 13.7 Å². The highest BCUT2D eigenvalue weighted by Crippen LogP contribution is 1.82. The molecule has 4 heteroatoms. The molecule has 1 aliphatic heterocycles. The van der Waals surface area contributed by atoms with Crippen LogP contribution in [0.3, 0.4) is 0 Å². The molecule has 1 heterocycles. The Hall–Kier alpha value is -0.250. The number of ether oxygens (including phenoxy) is 1. The first kappa shape index (κ1) is 10.8. The number of hydrogen-bond donors (Lipinski definition) is 1. The lowest BCUT2D eigenvalue weighted by atomic mass is 10.8. The highest BCUT2D eigenvalue weighted by molar-refractivity contribution is 4.73. The first-order valence-electron chi connectivity index (χ1n) is 3.64. The van der Waals surface area contributed by atoms with Gasteiger partial charge in [0.25, 0.3) is 0 Å². The van der Waals surface area contributed by atoms with E-state index in [1.54, 1.807) is 0 Å². The highest BCUT2D eigenvalue weighted by Gasteiger charge is 2.11. The molecule has 66 valence electrons. The molecule has 0 aromatic rings. The fourth-order valence-corrected chi connectivity index (χ4v) is 0.985. The fourth-order valence-electron chi connectivity index (χ4n) is 0.985. The van der Waals surface area contributed by atoms with Crippen molar-refractivity contribution < 1.29 is 22.0 Å². The molecule has 0 aromatic heterocycles. The fraction of sp³-hybridized carbons (Fsp3) is 0.714. The van der Waals surface area contributed by atoms with Crippen LogP contribution in [0.25, 0.3) is 0 Å². The Morgan fingerprint density at radius 1 is 1.64 bits per heavy atom. The smallest absolute Gasteiger partial charge is 0.187 e. The SMILES string of the molecule is CCOC[NH+]1C=CN(C)C1.[Cl-]. The Morgan fingerprint density at radius 3 is 2.82 bits per heavy atom. The molecule has 0 amide bonds. The van der Waals surface area contributed by atoms with Crippen molar-refractivity contribution in [3.05, 3.63) is 12.4 Å². The summed E-state index contributed by atoms with van der Waals surface area (Å²) >= 11 is 0. The predicted molar refractivity (Wildman–Crippen MR) is 39.2 cm³/mol. The molecular formula is C7H15ClN2O. The molecule has 3 nitrogen and oxygen atoms in total. The summed E-state index contributed by atoms with van der Waals surface area (Å²) in [5.74, 6) is 0. The van der Waals surface area contributed by atoms with Gasteiger partial charge in [0.2, 0.25) is 0 Å². The molecule has 0 saturated heterocycles. The standard InChI is InChI=1S/C7H14N2O.ClH/c1-3-10-7-9-5-4-8(2)6-9;/h4-5H,3,6-7H2,1-2H3;1H. The van der Waals surface area contributed by atoms with Gasteiger partial charge in [-0.15, -0.1) is 0 Å². The molecule has 1 aliphatic rings. The summed E-state index contributed by atoms with van der Waals surface area (Å²) in [6.45, 7) is 4.64. The van der Waals surface area contributed by atoms with Crippen LogP contribution in [0.15, 0.2) is 12.4 Å². The average molecular weight is 179 g/mol. The molecular weight excluding hydrogens is 164 g/mol. The molecule has 11 heavy (non-hydrogen) atoms. The van der Waals surface area contributed by atoms with Gasteiger partial charge in [-0.1, -0.05) is 0 Å². The summed E-state index contributed by atoms with van der Waals surface area (Å²) in [6, 6.07) is 0. The second-order valence-corrected chi connectivity index (χ2v) is 2.53. The lowest BCUT2D eigenvalue weighted by Gasteiger charge is -2.11. The minimum Gasteiger partial charge on any atom is -1.00 e. The first-order valence-corrected chi connectivity index (χ1v) is 3.64. The van der Waals surface area contributed by atoms with Gasteiger partial charge in [-0.05, 0) is 6.92 Å². The zero-order valence-electron chi connectivity index (χ0n) is 7.01. The second-order valence-electron chi connectivity index (χ2n) is 2.53. The van der Waals surface area contributed by atoms with Crippen molar-refractivity contribution in [3.8, 4) is 0 Å². The van der Waals surface area contributed by atoms with Crippen LogP contribution in [0.1, 0.15) is 6.92 Å². The number of nitrogens with zero attached hydrogens (tertiary/aromatic N) is 1. The van der Waals surface area contributed by atoms with E-state index in [9.17, 15) is 0 Å². The van der Waals surface area contributed by atoms with Gasteiger partial charge < -0.3 is 22.0 Å². The molecule has 1 atom stereocenters. The normalized spacial score (nSPS) is 22.0. The van der Waals surface area contributed by atoms with Crippen LogP contribution in [0.4, 0.5) is 0 Å². The quantitative estimate of drug-likeness (QED) is 0.478. The maximum absolute atomic E-state index is 5.25. The Bertz CT molecular complexity index is 130. The van der Waals surface area contributed by atoms with Gasteiger partial charge in [0.15, 0.2) is 13.4 Å². The van der Waals surface area contributed by atoms with Crippen LogP contribution in [0.5, 0.6) is 0 Å². The third kappa shape index (κ3) is 3.60. The van der Waals surface area contributed by atoms with E-state index in [-0.39, 0.29) is 12.4 Å². The van der Waals surface area contributed by atoms with Crippen LogP contribution < -0.4 is 17.3 Å². The van der Waals surface area contributed by atoms with Crippen LogP contribution in [-0.4, -0.2) is 32.0 Å². The predicted octanol–water partition coefficient (Wildman–Crippen LogP) is -3.76. The van der Waals surface area contributed by atoms with E-state index in [0.29, 0.717) is 0 Å². The van der Waals surface area contributed by atoms with E-state index < -0.39 is 0 Å². The zero-order valence-corrected chi connectivity index (χ0v) is 7.77. The molecule has 0 spiro atoms. The lowest BCUT2D eigenvalue weighted by molar-refractivity contribution is -0.870. The molecule has 1 unspecified atom stereocenters. The van der Waals surface area contributed by atoms with Gasteiger partial charge in [-0.3, -0.25) is 4.90 Å². The molecule has 1 N–H and O–H groups in total. The summed E-state index contributed by atoms with van der Waals surface area (Å²) in [5.41, 5.74) is 0. The van der Waals surface area contributed by atoms with Crippen LogP contribution in [0.2, 0.25) is 0 Å². The van der Waals surface area contributed by atoms with Crippen molar-refractivity contribution >= 4 is 0 Å². The number of hydrogen-bond acceptors (Lipinski definition) is 2. The molecule has 0 radical (unpaired) electrons.